The molecule has 1 aromatic rings. The van der Waals surface area contributed by atoms with Gasteiger partial charge >= 0.3 is 5.97 Å². The van der Waals surface area contributed by atoms with E-state index in [9.17, 15) is 14.4 Å². The number of carbonyl (C=O) groups excluding carboxylic acids is 3. The minimum absolute atomic E-state index is 0.263. The number of rotatable bonds is 4. The van der Waals surface area contributed by atoms with E-state index in [0.717, 1.165) is 0 Å². The maximum atomic E-state index is 11.4. The van der Waals surface area contributed by atoms with Gasteiger partial charge < -0.3 is 10.5 Å². The fourth-order valence-electron chi connectivity index (χ4n) is 0.984. The zero-order valence-corrected chi connectivity index (χ0v) is 8.67. The fraction of sp³-hybridized carbons (Fsp3) is 0.182. The molecule has 1 atom stereocenters. The Morgan fingerprint density at radius 2 is 1.88 bits per heavy atom. The molecule has 0 saturated heterocycles. The fourth-order valence-corrected chi connectivity index (χ4v) is 0.984. The Kier molecular flexibility index (Phi) is 3.77. The normalized spacial score (nSPS) is 11.6. The van der Waals surface area contributed by atoms with Gasteiger partial charge in [-0.15, -0.1) is 0 Å². The molecule has 0 saturated carbocycles. The van der Waals surface area contributed by atoms with Crippen molar-refractivity contribution in [2.45, 2.75) is 13.0 Å². The molecule has 0 aliphatic carbocycles. The van der Waals surface area contributed by atoms with Crippen LogP contribution in [0.4, 0.5) is 0 Å². The van der Waals surface area contributed by atoms with Gasteiger partial charge in [-0.2, -0.15) is 0 Å². The zero-order chi connectivity index (χ0) is 12.1. The Morgan fingerprint density at radius 1 is 1.31 bits per heavy atom. The van der Waals surface area contributed by atoms with Gasteiger partial charge in [0.2, 0.25) is 0 Å². The molecule has 16 heavy (non-hydrogen) atoms. The average Bonchev–Trinajstić information content (AvgIpc) is 2.28. The first-order valence-electron chi connectivity index (χ1n) is 4.60. The highest BCUT2D eigenvalue weighted by molar-refractivity contribution is 5.92. The number of amides is 1. The van der Waals surface area contributed by atoms with Gasteiger partial charge in [-0.25, -0.2) is 4.79 Å². The van der Waals surface area contributed by atoms with E-state index in [1.807, 2.05) is 0 Å². The molecule has 1 rings (SSSR count). The van der Waals surface area contributed by atoms with Crippen LogP contribution in [0.5, 0.6) is 0 Å². The van der Waals surface area contributed by atoms with Crippen molar-refractivity contribution in [3.8, 4) is 0 Å². The number of ether oxygens (including phenoxy) is 1. The monoisotopic (exact) mass is 221 g/mol. The summed E-state index contributed by atoms with van der Waals surface area (Å²) in [7, 11) is 0. The van der Waals surface area contributed by atoms with Crippen molar-refractivity contribution < 1.29 is 19.1 Å². The first kappa shape index (κ1) is 11.9. The van der Waals surface area contributed by atoms with Crippen molar-refractivity contribution in [3.05, 3.63) is 35.4 Å². The van der Waals surface area contributed by atoms with Gasteiger partial charge in [-0.3, -0.25) is 9.59 Å². The smallest absolute Gasteiger partial charge is 0.338 e. The number of nitrogens with two attached hydrogens (primary N) is 1. The Hall–Kier alpha value is -2.17. The third kappa shape index (κ3) is 2.91. The SMILES string of the molecule is C[C@@H](OC(=O)c1ccc(C=O)cc1)C(N)=O. The molecular weight excluding hydrogens is 210 g/mol. The predicted molar refractivity (Wildman–Crippen MR) is 55.9 cm³/mol. The lowest BCUT2D eigenvalue weighted by molar-refractivity contribution is -0.125. The van der Waals surface area contributed by atoms with Crippen LogP contribution in [0, 0.1) is 0 Å². The lowest BCUT2D eigenvalue weighted by Gasteiger charge is -2.09. The summed E-state index contributed by atoms with van der Waals surface area (Å²) < 4.78 is 4.77. The van der Waals surface area contributed by atoms with Crippen LogP contribution in [-0.2, 0) is 9.53 Å². The molecule has 5 nitrogen and oxygen atoms in total. The van der Waals surface area contributed by atoms with E-state index in [4.69, 9.17) is 10.5 Å². The molecule has 84 valence electrons. The second-order valence-electron chi connectivity index (χ2n) is 3.19. The number of hydrogen-bond donors (Lipinski definition) is 1. The van der Waals surface area contributed by atoms with E-state index in [1.165, 1.54) is 31.2 Å². The second-order valence-corrected chi connectivity index (χ2v) is 3.19. The van der Waals surface area contributed by atoms with Gasteiger partial charge in [0.15, 0.2) is 6.10 Å². The molecule has 0 spiro atoms. The molecular formula is C11H11NO4. The minimum atomic E-state index is -0.974. The molecule has 0 radical (unpaired) electrons. The van der Waals surface area contributed by atoms with Gasteiger partial charge in [0.05, 0.1) is 5.56 Å². The molecule has 2 N–H and O–H groups in total. The van der Waals surface area contributed by atoms with Gasteiger partial charge in [-0.1, -0.05) is 12.1 Å². The maximum Gasteiger partial charge on any atom is 0.338 e. The third-order valence-electron chi connectivity index (χ3n) is 1.97. The summed E-state index contributed by atoms with van der Waals surface area (Å²) in [6, 6.07) is 5.86. The standard InChI is InChI=1S/C11H11NO4/c1-7(10(12)14)16-11(15)9-4-2-8(6-13)3-5-9/h2-7H,1H3,(H2,12,14)/t7-/m1/s1. The van der Waals surface area contributed by atoms with Crippen molar-refractivity contribution in [1.82, 2.24) is 0 Å². The number of hydrogen-bond acceptors (Lipinski definition) is 4. The van der Waals surface area contributed by atoms with Crippen LogP contribution in [-0.4, -0.2) is 24.3 Å². The number of aldehydes is 1. The first-order valence-corrected chi connectivity index (χ1v) is 4.60. The molecule has 1 amide bonds. The molecule has 1 aromatic carbocycles. The van der Waals surface area contributed by atoms with E-state index in [1.54, 1.807) is 0 Å². The van der Waals surface area contributed by atoms with E-state index < -0.39 is 18.0 Å². The lowest BCUT2D eigenvalue weighted by atomic mass is 10.1. The average molecular weight is 221 g/mol. The molecule has 5 heteroatoms. The molecule has 0 heterocycles. The van der Waals surface area contributed by atoms with Crippen LogP contribution in [0.15, 0.2) is 24.3 Å². The summed E-state index contributed by atoms with van der Waals surface area (Å²) in [6.07, 6.45) is -0.306. The summed E-state index contributed by atoms with van der Waals surface area (Å²) in [5, 5.41) is 0. The van der Waals surface area contributed by atoms with Gasteiger partial charge in [0.1, 0.15) is 6.29 Å². The van der Waals surface area contributed by atoms with E-state index in [0.29, 0.717) is 11.8 Å². The van der Waals surface area contributed by atoms with Crippen LogP contribution < -0.4 is 5.73 Å². The number of benzene rings is 1. The topological polar surface area (TPSA) is 86.5 Å². The maximum absolute atomic E-state index is 11.4. The summed E-state index contributed by atoms with van der Waals surface area (Å²) in [6.45, 7) is 1.39. The highest BCUT2D eigenvalue weighted by Crippen LogP contribution is 2.06. The number of primary amides is 1. The highest BCUT2D eigenvalue weighted by Gasteiger charge is 2.15. The Balaban J connectivity index is 2.73. The van der Waals surface area contributed by atoms with E-state index >= 15 is 0 Å². The number of carbonyl (C=O) groups is 3. The number of esters is 1. The molecule has 0 unspecified atom stereocenters. The van der Waals surface area contributed by atoms with Gasteiger partial charge in [-0.05, 0) is 19.1 Å². The molecule has 0 aliphatic rings. The Bertz CT molecular complexity index is 410. The molecule has 0 aliphatic heterocycles. The molecule has 0 bridgehead atoms. The van der Waals surface area contributed by atoms with Crippen LogP contribution in [0.3, 0.4) is 0 Å². The Morgan fingerprint density at radius 3 is 2.31 bits per heavy atom. The lowest BCUT2D eigenvalue weighted by Crippen LogP contribution is -2.30. The summed E-state index contributed by atoms with van der Waals surface area (Å²) in [5.74, 6) is -1.36. The van der Waals surface area contributed by atoms with Gasteiger partial charge in [0, 0.05) is 5.56 Å². The van der Waals surface area contributed by atoms with Crippen LogP contribution >= 0.6 is 0 Å². The highest BCUT2D eigenvalue weighted by atomic mass is 16.5. The minimum Gasteiger partial charge on any atom is -0.449 e. The Labute approximate surface area is 92.2 Å². The summed E-state index contributed by atoms with van der Waals surface area (Å²) in [5.41, 5.74) is 5.67. The second kappa shape index (κ2) is 5.06. The molecule has 0 fully saturated rings. The van der Waals surface area contributed by atoms with Crippen molar-refractivity contribution in [2.24, 2.45) is 5.73 Å². The predicted octanol–water partition coefficient (Wildman–Crippen LogP) is 0.530. The van der Waals surface area contributed by atoms with Crippen molar-refractivity contribution in [1.29, 1.82) is 0 Å². The van der Waals surface area contributed by atoms with E-state index in [-0.39, 0.29) is 5.56 Å². The largest absolute Gasteiger partial charge is 0.449 e. The van der Waals surface area contributed by atoms with Crippen LogP contribution in [0.2, 0.25) is 0 Å². The first-order chi connectivity index (χ1) is 7.54. The van der Waals surface area contributed by atoms with E-state index in [2.05, 4.69) is 0 Å². The van der Waals surface area contributed by atoms with Crippen molar-refractivity contribution in [3.63, 3.8) is 0 Å². The van der Waals surface area contributed by atoms with Crippen LogP contribution in [0.25, 0.3) is 0 Å². The summed E-state index contributed by atoms with van der Waals surface area (Å²) in [4.78, 5) is 32.5. The molecule has 0 aromatic heterocycles. The van der Waals surface area contributed by atoms with Gasteiger partial charge in [0.25, 0.3) is 5.91 Å². The van der Waals surface area contributed by atoms with Crippen molar-refractivity contribution in [2.75, 3.05) is 0 Å². The quantitative estimate of drug-likeness (QED) is 0.593. The zero-order valence-electron chi connectivity index (χ0n) is 8.67. The van der Waals surface area contributed by atoms with Crippen molar-refractivity contribution >= 4 is 18.2 Å². The van der Waals surface area contributed by atoms with Crippen LogP contribution in [0.1, 0.15) is 27.6 Å². The third-order valence-corrected chi connectivity index (χ3v) is 1.97. The summed E-state index contributed by atoms with van der Waals surface area (Å²) >= 11 is 0.